The molecule has 3 rings (SSSR count). The van der Waals surface area contributed by atoms with Gasteiger partial charge in [-0.3, -0.25) is 4.79 Å². The minimum Gasteiger partial charge on any atom is -0.337 e. The maximum absolute atomic E-state index is 12.9. The summed E-state index contributed by atoms with van der Waals surface area (Å²) in [5.74, 6) is 1.44. The van der Waals surface area contributed by atoms with E-state index in [-0.39, 0.29) is 11.8 Å². The number of aryl methyl sites for hydroxylation is 3. The molecule has 2 aromatic heterocycles. The summed E-state index contributed by atoms with van der Waals surface area (Å²) in [5, 5.41) is 8.20. The van der Waals surface area contributed by atoms with E-state index in [2.05, 4.69) is 30.1 Å². The van der Waals surface area contributed by atoms with Crippen LogP contribution in [0.4, 0.5) is 0 Å². The van der Waals surface area contributed by atoms with Crippen molar-refractivity contribution in [1.29, 1.82) is 0 Å². The number of piperidine rings is 1. The molecule has 3 heterocycles. The van der Waals surface area contributed by atoms with E-state index in [0.29, 0.717) is 0 Å². The van der Waals surface area contributed by atoms with Gasteiger partial charge >= 0.3 is 0 Å². The Kier molecular flexibility index (Phi) is 4.80. The lowest BCUT2D eigenvalue weighted by atomic mass is 9.97. The van der Waals surface area contributed by atoms with Gasteiger partial charge in [0.2, 0.25) is 0 Å². The number of carbonyl (C=O) groups is 1. The molecular weight excluding hydrogens is 308 g/mol. The first-order valence-corrected chi connectivity index (χ1v) is 9.14. The number of rotatable bonds is 4. The van der Waals surface area contributed by atoms with Crippen molar-refractivity contribution in [3.63, 3.8) is 0 Å². The van der Waals surface area contributed by atoms with Crippen LogP contribution in [0.3, 0.4) is 0 Å². The molecule has 1 fully saturated rings. The van der Waals surface area contributed by atoms with Crippen LogP contribution in [0.2, 0.25) is 0 Å². The molecule has 23 heavy (non-hydrogen) atoms. The normalized spacial score (nSPS) is 18.4. The molecule has 2 aromatic rings. The summed E-state index contributed by atoms with van der Waals surface area (Å²) in [6.07, 6.45) is 5.99. The van der Waals surface area contributed by atoms with Crippen LogP contribution in [-0.4, -0.2) is 38.7 Å². The molecule has 1 amide bonds. The van der Waals surface area contributed by atoms with Crippen molar-refractivity contribution >= 4 is 17.2 Å². The molecule has 0 bridgehead atoms. The smallest absolute Gasteiger partial charge is 0.263 e. The quantitative estimate of drug-likeness (QED) is 0.864. The molecule has 1 saturated heterocycles. The largest absolute Gasteiger partial charge is 0.337 e. The van der Waals surface area contributed by atoms with Crippen LogP contribution in [0.25, 0.3) is 0 Å². The van der Waals surface area contributed by atoms with E-state index in [9.17, 15) is 4.79 Å². The number of hydrogen-bond acceptors (Lipinski definition) is 4. The van der Waals surface area contributed by atoms with Crippen LogP contribution >= 0.6 is 11.3 Å². The SMILES string of the molecule is CCCc1cc(C(=O)N2CCC[C@@H](c3nncn3C)C2)sc1C. The van der Waals surface area contributed by atoms with Gasteiger partial charge in [0.1, 0.15) is 12.2 Å². The zero-order valence-electron chi connectivity index (χ0n) is 14.1. The van der Waals surface area contributed by atoms with E-state index in [1.54, 1.807) is 17.7 Å². The Balaban J connectivity index is 1.74. The minimum absolute atomic E-state index is 0.173. The Bertz CT molecular complexity index is 691. The molecule has 0 aliphatic carbocycles. The average Bonchev–Trinajstić information content (AvgIpc) is 3.14. The summed E-state index contributed by atoms with van der Waals surface area (Å²) in [6.45, 7) is 5.87. The number of thiophene rings is 1. The van der Waals surface area contributed by atoms with Gasteiger partial charge in [0.05, 0.1) is 4.88 Å². The number of likely N-dealkylation sites (tertiary alicyclic amines) is 1. The molecule has 0 unspecified atom stereocenters. The van der Waals surface area contributed by atoms with Gasteiger partial charge in [-0.2, -0.15) is 0 Å². The average molecular weight is 332 g/mol. The Morgan fingerprint density at radius 1 is 1.48 bits per heavy atom. The second-order valence-electron chi connectivity index (χ2n) is 6.33. The summed E-state index contributed by atoms with van der Waals surface area (Å²) in [6, 6.07) is 2.10. The number of aromatic nitrogens is 3. The second kappa shape index (κ2) is 6.83. The van der Waals surface area contributed by atoms with Crippen molar-refractivity contribution in [1.82, 2.24) is 19.7 Å². The van der Waals surface area contributed by atoms with Gasteiger partial charge < -0.3 is 9.47 Å². The van der Waals surface area contributed by atoms with E-state index in [4.69, 9.17) is 0 Å². The predicted octanol–water partition coefficient (Wildman–Crippen LogP) is 3.16. The van der Waals surface area contributed by atoms with E-state index in [1.807, 2.05) is 16.5 Å². The Morgan fingerprint density at radius 3 is 3.00 bits per heavy atom. The van der Waals surface area contributed by atoms with Gasteiger partial charge in [-0.15, -0.1) is 21.5 Å². The summed E-state index contributed by atoms with van der Waals surface area (Å²) >= 11 is 1.63. The summed E-state index contributed by atoms with van der Waals surface area (Å²) < 4.78 is 1.97. The topological polar surface area (TPSA) is 51.0 Å². The van der Waals surface area contributed by atoms with Crippen LogP contribution in [0.5, 0.6) is 0 Å². The van der Waals surface area contributed by atoms with Gasteiger partial charge in [-0.25, -0.2) is 0 Å². The van der Waals surface area contributed by atoms with Gasteiger partial charge in [-0.05, 0) is 37.8 Å². The Morgan fingerprint density at radius 2 is 2.30 bits per heavy atom. The lowest BCUT2D eigenvalue weighted by Crippen LogP contribution is -2.39. The first kappa shape index (κ1) is 16.2. The molecule has 1 atom stereocenters. The van der Waals surface area contributed by atoms with Crippen LogP contribution in [-0.2, 0) is 13.5 Å². The van der Waals surface area contributed by atoms with Gasteiger partial charge in [0.25, 0.3) is 5.91 Å². The third-order valence-electron chi connectivity index (χ3n) is 4.57. The fourth-order valence-electron chi connectivity index (χ4n) is 3.33. The second-order valence-corrected chi connectivity index (χ2v) is 7.59. The highest BCUT2D eigenvalue weighted by molar-refractivity contribution is 7.14. The van der Waals surface area contributed by atoms with Crippen LogP contribution in [0.1, 0.15) is 58.0 Å². The highest BCUT2D eigenvalue weighted by Gasteiger charge is 2.28. The standard InChI is InChI=1S/C17H24N4OS/c1-4-6-13-9-15(23-12(13)2)17(22)21-8-5-7-14(10-21)16-19-18-11-20(16)3/h9,11,14H,4-8,10H2,1-3H3/t14-/m1/s1. The molecule has 124 valence electrons. The van der Waals surface area contributed by atoms with E-state index in [0.717, 1.165) is 49.5 Å². The first-order chi connectivity index (χ1) is 11.1. The molecular formula is C17H24N4OS. The third kappa shape index (κ3) is 3.32. The van der Waals surface area contributed by atoms with Crippen molar-refractivity contribution in [2.24, 2.45) is 7.05 Å². The van der Waals surface area contributed by atoms with E-state index in [1.165, 1.54) is 10.4 Å². The van der Waals surface area contributed by atoms with Crippen molar-refractivity contribution in [3.05, 3.63) is 33.5 Å². The molecule has 1 aliphatic heterocycles. The molecule has 6 heteroatoms. The number of hydrogen-bond donors (Lipinski definition) is 0. The number of amides is 1. The van der Waals surface area contributed by atoms with Crippen molar-refractivity contribution in [3.8, 4) is 0 Å². The summed E-state index contributed by atoms with van der Waals surface area (Å²) in [4.78, 5) is 17.0. The fourth-order valence-corrected chi connectivity index (χ4v) is 4.37. The van der Waals surface area contributed by atoms with Crippen molar-refractivity contribution in [2.45, 2.75) is 45.4 Å². The molecule has 1 aliphatic rings. The summed E-state index contributed by atoms with van der Waals surface area (Å²) in [5.41, 5.74) is 1.32. The number of nitrogens with zero attached hydrogens (tertiary/aromatic N) is 4. The molecule has 0 N–H and O–H groups in total. The lowest BCUT2D eigenvalue weighted by Gasteiger charge is -2.31. The first-order valence-electron chi connectivity index (χ1n) is 8.32. The Labute approximate surface area is 141 Å². The molecule has 0 saturated carbocycles. The monoisotopic (exact) mass is 332 g/mol. The highest BCUT2D eigenvalue weighted by atomic mass is 32.1. The maximum atomic E-state index is 12.9. The highest BCUT2D eigenvalue weighted by Crippen LogP contribution is 2.29. The fraction of sp³-hybridized carbons (Fsp3) is 0.588. The molecule has 5 nitrogen and oxygen atoms in total. The van der Waals surface area contributed by atoms with Gasteiger partial charge in [-0.1, -0.05) is 13.3 Å². The lowest BCUT2D eigenvalue weighted by molar-refractivity contribution is 0.0708. The van der Waals surface area contributed by atoms with Gasteiger partial charge in [0, 0.05) is 30.9 Å². The minimum atomic E-state index is 0.173. The Hall–Kier alpha value is -1.69. The van der Waals surface area contributed by atoms with Crippen LogP contribution < -0.4 is 0 Å². The third-order valence-corrected chi connectivity index (χ3v) is 5.65. The van der Waals surface area contributed by atoms with Crippen LogP contribution in [0, 0.1) is 6.92 Å². The zero-order valence-corrected chi connectivity index (χ0v) is 14.9. The zero-order chi connectivity index (χ0) is 16.4. The van der Waals surface area contributed by atoms with E-state index < -0.39 is 0 Å². The number of carbonyl (C=O) groups excluding carboxylic acids is 1. The van der Waals surface area contributed by atoms with Gasteiger partial charge in [0.15, 0.2) is 0 Å². The van der Waals surface area contributed by atoms with Crippen LogP contribution in [0.15, 0.2) is 12.4 Å². The molecule has 0 spiro atoms. The van der Waals surface area contributed by atoms with Crippen molar-refractivity contribution < 1.29 is 4.79 Å². The molecule has 0 radical (unpaired) electrons. The predicted molar refractivity (Wildman–Crippen MR) is 91.9 cm³/mol. The molecule has 0 aromatic carbocycles. The van der Waals surface area contributed by atoms with E-state index >= 15 is 0 Å². The maximum Gasteiger partial charge on any atom is 0.263 e. The van der Waals surface area contributed by atoms with Crippen molar-refractivity contribution in [2.75, 3.05) is 13.1 Å². The summed E-state index contributed by atoms with van der Waals surface area (Å²) in [7, 11) is 1.97.